The number of amides is 1. The third-order valence-corrected chi connectivity index (χ3v) is 8.06. The molecule has 0 aliphatic heterocycles. The molecule has 0 saturated carbocycles. The number of nitrogens with zero attached hydrogens (tertiary/aromatic N) is 3. The van der Waals surface area contributed by atoms with Crippen LogP contribution < -0.4 is 20.3 Å². The zero-order valence-corrected chi connectivity index (χ0v) is 26.9. The standard InChI is InChI=1S/C29H26Br2Cl2N4O4/c1-3-5-6-24-36-22-12-7-18(30)14-21(22)29(39)37(24)34-15-17-13-23(40-4-2)28(27(33)26(17)31)41-16-25(38)35-20-10-8-19(32)9-11-20/h7-15H,3-6,16H2,1-2H3,(H,35,38). The highest BCUT2D eigenvalue weighted by Gasteiger charge is 2.19. The molecule has 41 heavy (non-hydrogen) atoms. The highest BCUT2D eigenvalue weighted by molar-refractivity contribution is 9.10. The van der Waals surface area contributed by atoms with Gasteiger partial charge < -0.3 is 14.8 Å². The van der Waals surface area contributed by atoms with Gasteiger partial charge in [-0.3, -0.25) is 9.59 Å². The van der Waals surface area contributed by atoms with Gasteiger partial charge in [-0.15, -0.1) is 0 Å². The minimum Gasteiger partial charge on any atom is -0.490 e. The number of carbonyl (C=O) groups is 1. The maximum atomic E-state index is 13.4. The average Bonchev–Trinajstić information content (AvgIpc) is 2.95. The summed E-state index contributed by atoms with van der Waals surface area (Å²) in [5, 5.41) is 8.45. The van der Waals surface area contributed by atoms with Gasteiger partial charge in [0.2, 0.25) is 0 Å². The number of unbranched alkanes of at least 4 members (excludes halogenated alkanes) is 1. The van der Waals surface area contributed by atoms with Gasteiger partial charge in [0.1, 0.15) is 10.8 Å². The van der Waals surface area contributed by atoms with Gasteiger partial charge >= 0.3 is 0 Å². The molecule has 4 aromatic rings. The normalized spacial score (nSPS) is 11.3. The van der Waals surface area contributed by atoms with Crippen LogP contribution >= 0.6 is 55.1 Å². The molecule has 0 saturated heterocycles. The van der Waals surface area contributed by atoms with E-state index >= 15 is 0 Å². The van der Waals surface area contributed by atoms with E-state index in [2.05, 4.69) is 49.2 Å². The number of halogens is 4. The summed E-state index contributed by atoms with van der Waals surface area (Å²) in [4.78, 5) is 30.6. The third-order valence-electron chi connectivity index (χ3n) is 5.87. The molecule has 0 unspecified atom stereocenters. The number of hydrogen-bond acceptors (Lipinski definition) is 6. The first-order valence-electron chi connectivity index (χ1n) is 12.8. The Morgan fingerprint density at radius 3 is 2.56 bits per heavy atom. The molecule has 0 fully saturated rings. The highest BCUT2D eigenvalue weighted by Crippen LogP contribution is 2.42. The molecular weight excluding hydrogens is 699 g/mol. The molecule has 8 nitrogen and oxygen atoms in total. The maximum absolute atomic E-state index is 13.4. The Kier molecular flexibility index (Phi) is 10.8. The first-order valence-corrected chi connectivity index (χ1v) is 15.1. The SMILES string of the molecule is CCCCc1nc2ccc(Br)cc2c(=O)n1N=Cc1cc(OCC)c(OCC(=O)Nc2ccc(Cl)cc2)c(Cl)c1Br. The van der Waals surface area contributed by atoms with E-state index in [0.717, 1.165) is 17.3 Å². The van der Waals surface area contributed by atoms with E-state index < -0.39 is 0 Å². The zero-order valence-electron chi connectivity index (χ0n) is 22.2. The van der Waals surface area contributed by atoms with Crippen molar-refractivity contribution in [2.75, 3.05) is 18.5 Å². The molecule has 1 amide bonds. The third kappa shape index (κ3) is 7.68. The Hall–Kier alpha value is -2.92. The molecule has 3 aromatic carbocycles. The van der Waals surface area contributed by atoms with Gasteiger partial charge in [0.05, 0.1) is 23.7 Å². The fourth-order valence-corrected chi connectivity index (χ4v) is 5.04. The van der Waals surface area contributed by atoms with Crippen molar-refractivity contribution in [1.82, 2.24) is 9.66 Å². The first-order chi connectivity index (χ1) is 19.7. The van der Waals surface area contributed by atoms with E-state index in [4.69, 9.17) is 37.7 Å². The van der Waals surface area contributed by atoms with Gasteiger partial charge in [-0.1, -0.05) is 52.5 Å². The fraction of sp³-hybridized carbons (Fsp3) is 0.241. The van der Waals surface area contributed by atoms with Crippen molar-refractivity contribution in [1.29, 1.82) is 0 Å². The number of carbonyl (C=O) groups excluding carboxylic acids is 1. The Balaban J connectivity index is 1.65. The van der Waals surface area contributed by atoms with E-state index in [9.17, 15) is 9.59 Å². The number of ether oxygens (including phenoxy) is 2. The molecule has 4 rings (SSSR count). The second-order valence-corrected chi connectivity index (χ2v) is 11.4. The Morgan fingerprint density at radius 1 is 1.10 bits per heavy atom. The Labute approximate surface area is 263 Å². The van der Waals surface area contributed by atoms with E-state index in [1.807, 2.05) is 19.1 Å². The summed E-state index contributed by atoms with van der Waals surface area (Å²) in [5.41, 5.74) is 1.45. The van der Waals surface area contributed by atoms with Gasteiger partial charge in [-0.2, -0.15) is 9.78 Å². The number of aryl methyl sites for hydroxylation is 1. The molecule has 1 N–H and O–H groups in total. The molecule has 0 aliphatic rings. The molecular formula is C29H26Br2Cl2N4O4. The molecule has 1 heterocycles. The van der Waals surface area contributed by atoms with Crippen molar-refractivity contribution in [2.45, 2.75) is 33.1 Å². The topological polar surface area (TPSA) is 94.8 Å². The van der Waals surface area contributed by atoms with Crippen molar-refractivity contribution >= 4 is 83.8 Å². The summed E-state index contributed by atoms with van der Waals surface area (Å²) in [7, 11) is 0. The zero-order chi connectivity index (χ0) is 29.5. The number of aromatic nitrogens is 2. The van der Waals surface area contributed by atoms with E-state index in [1.54, 1.807) is 36.4 Å². The van der Waals surface area contributed by atoms with Crippen LogP contribution in [0.15, 0.2) is 67.4 Å². The molecule has 0 radical (unpaired) electrons. The molecule has 0 spiro atoms. The van der Waals surface area contributed by atoms with Crippen LogP contribution in [0.25, 0.3) is 10.9 Å². The van der Waals surface area contributed by atoms with Gasteiger partial charge in [-0.05, 0) is 77.8 Å². The lowest BCUT2D eigenvalue weighted by Gasteiger charge is -2.16. The van der Waals surface area contributed by atoms with Crippen LogP contribution in [0.1, 0.15) is 38.1 Å². The lowest BCUT2D eigenvalue weighted by atomic mass is 10.2. The molecule has 0 bridgehead atoms. The lowest BCUT2D eigenvalue weighted by Crippen LogP contribution is -2.22. The minimum absolute atomic E-state index is 0.191. The van der Waals surface area contributed by atoms with E-state index in [-0.39, 0.29) is 28.8 Å². The largest absolute Gasteiger partial charge is 0.490 e. The van der Waals surface area contributed by atoms with Crippen LogP contribution in [0.3, 0.4) is 0 Å². The van der Waals surface area contributed by atoms with Crippen LogP contribution in [0.2, 0.25) is 10.0 Å². The monoisotopic (exact) mass is 722 g/mol. The predicted octanol–water partition coefficient (Wildman–Crippen LogP) is 7.87. The number of benzene rings is 3. The number of hydrogen-bond donors (Lipinski definition) is 1. The summed E-state index contributed by atoms with van der Waals surface area (Å²) >= 11 is 19.5. The van der Waals surface area contributed by atoms with Crippen molar-refractivity contribution in [3.8, 4) is 11.5 Å². The summed E-state index contributed by atoms with van der Waals surface area (Å²) in [6.45, 7) is 3.91. The average molecular weight is 725 g/mol. The second-order valence-electron chi connectivity index (χ2n) is 8.85. The maximum Gasteiger partial charge on any atom is 0.282 e. The fourth-order valence-electron chi connectivity index (χ4n) is 3.89. The summed E-state index contributed by atoms with van der Waals surface area (Å²) < 4.78 is 14.1. The molecule has 0 aliphatic carbocycles. The van der Waals surface area contributed by atoms with E-state index in [1.165, 1.54) is 10.9 Å². The Morgan fingerprint density at radius 2 is 1.85 bits per heavy atom. The van der Waals surface area contributed by atoms with Crippen molar-refractivity contribution in [3.05, 3.63) is 89.3 Å². The smallest absolute Gasteiger partial charge is 0.282 e. The lowest BCUT2D eigenvalue weighted by molar-refractivity contribution is -0.118. The molecule has 1 aromatic heterocycles. The van der Waals surface area contributed by atoms with Crippen LogP contribution in [0, 0.1) is 0 Å². The van der Waals surface area contributed by atoms with Crippen molar-refractivity contribution < 1.29 is 14.3 Å². The quantitative estimate of drug-likeness (QED) is 0.159. The molecule has 12 heteroatoms. The summed E-state index contributed by atoms with van der Waals surface area (Å²) in [6.07, 6.45) is 3.89. The van der Waals surface area contributed by atoms with Crippen LogP contribution in [0.5, 0.6) is 11.5 Å². The van der Waals surface area contributed by atoms with E-state index in [0.29, 0.717) is 56.3 Å². The van der Waals surface area contributed by atoms with Gasteiger partial charge in [0.25, 0.3) is 11.5 Å². The Bertz CT molecular complexity index is 1660. The van der Waals surface area contributed by atoms with Crippen molar-refractivity contribution in [3.63, 3.8) is 0 Å². The summed E-state index contributed by atoms with van der Waals surface area (Å²) in [5.74, 6) is 0.686. The summed E-state index contributed by atoms with van der Waals surface area (Å²) in [6, 6.07) is 13.8. The highest BCUT2D eigenvalue weighted by atomic mass is 79.9. The molecule has 0 atom stereocenters. The van der Waals surface area contributed by atoms with Gasteiger partial charge in [0, 0.05) is 31.6 Å². The molecule has 214 valence electrons. The second kappa shape index (κ2) is 14.3. The van der Waals surface area contributed by atoms with Gasteiger partial charge in [0.15, 0.2) is 18.1 Å². The van der Waals surface area contributed by atoms with Crippen LogP contribution in [-0.2, 0) is 11.2 Å². The minimum atomic E-state index is -0.387. The van der Waals surface area contributed by atoms with Gasteiger partial charge in [-0.25, -0.2) is 4.98 Å². The first kappa shape index (κ1) is 31.0. The predicted molar refractivity (Wildman–Crippen MR) is 171 cm³/mol. The number of rotatable bonds is 11. The number of anilines is 1. The number of nitrogens with one attached hydrogen (secondary N) is 1. The van der Waals surface area contributed by atoms with Crippen molar-refractivity contribution in [2.24, 2.45) is 5.10 Å². The number of fused-ring (bicyclic) bond motifs is 1. The van der Waals surface area contributed by atoms with Crippen LogP contribution in [-0.4, -0.2) is 35.0 Å². The van der Waals surface area contributed by atoms with Crippen LogP contribution in [0.4, 0.5) is 5.69 Å².